The third kappa shape index (κ3) is 3.11. The number of nitrogens with one attached hydrogen (secondary N) is 1. The Bertz CT molecular complexity index is 562. The maximum absolute atomic E-state index is 6.14. The van der Waals surface area contributed by atoms with E-state index < -0.39 is 0 Å². The molecule has 0 fully saturated rings. The number of halogens is 1. The van der Waals surface area contributed by atoms with E-state index in [1.54, 1.807) is 7.11 Å². The summed E-state index contributed by atoms with van der Waals surface area (Å²) in [5.41, 5.74) is 0.533. The molecule has 0 saturated heterocycles. The van der Waals surface area contributed by atoms with E-state index in [2.05, 4.69) is 19.2 Å². The van der Waals surface area contributed by atoms with E-state index in [9.17, 15) is 0 Å². The summed E-state index contributed by atoms with van der Waals surface area (Å²) in [6.07, 6.45) is 0.817. The minimum atomic E-state index is -0.212. The average molecular weight is 282 g/mol. The van der Waals surface area contributed by atoms with Crippen molar-refractivity contribution in [3.63, 3.8) is 0 Å². The van der Waals surface area contributed by atoms with Gasteiger partial charge in [-0.15, -0.1) is 0 Å². The number of fused-ring (bicyclic) bond motifs is 1. The number of ether oxygens (including phenoxy) is 1. The van der Waals surface area contributed by atoms with Crippen molar-refractivity contribution in [2.45, 2.75) is 31.9 Å². The van der Waals surface area contributed by atoms with E-state index >= 15 is 0 Å². The van der Waals surface area contributed by atoms with Crippen molar-refractivity contribution in [3.8, 4) is 0 Å². The summed E-state index contributed by atoms with van der Waals surface area (Å²) < 4.78 is 11.4. The SMILES string of the molecule is CNC(CC(C)(C)OC)c1cc2cccc(Cl)c2o1. The van der Waals surface area contributed by atoms with Crippen LogP contribution in [0.5, 0.6) is 0 Å². The standard InChI is InChI=1S/C15H20ClNO2/c1-15(2,18-4)9-12(17-3)13-8-10-6-5-7-11(16)14(10)19-13/h5-8,12,17H,9H2,1-4H3. The van der Waals surface area contributed by atoms with Gasteiger partial charge in [-0.25, -0.2) is 0 Å². The number of hydrogen-bond acceptors (Lipinski definition) is 3. The Morgan fingerprint density at radius 3 is 2.74 bits per heavy atom. The lowest BCUT2D eigenvalue weighted by molar-refractivity contribution is 0.00581. The Balaban J connectivity index is 2.33. The van der Waals surface area contributed by atoms with Crippen molar-refractivity contribution in [3.05, 3.63) is 35.0 Å². The minimum Gasteiger partial charge on any atom is -0.458 e. The maximum Gasteiger partial charge on any atom is 0.152 e. The van der Waals surface area contributed by atoms with Crippen LogP contribution in [0.15, 0.2) is 28.7 Å². The summed E-state index contributed by atoms with van der Waals surface area (Å²) in [6.45, 7) is 4.12. The second kappa shape index (κ2) is 5.53. The molecule has 0 aliphatic rings. The van der Waals surface area contributed by atoms with Crippen LogP contribution < -0.4 is 5.32 Å². The Morgan fingerprint density at radius 1 is 1.42 bits per heavy atom. The molecule has 0 aliphatic heterocycles. The third-order valence-electron chi connectivity index (χ3n) is 3.46. The van der Waals surface area contributed by atoms with Crippen LogP contribution in [0.25, 0.3) is 11.0 Å². The van der Waals surface area contributed by atoms with Gasteiger partial charge in [-0.05, 0) is 39.4 Å². The molecular formula is C15H20ClNO2. The summed E-state index contributed by atoms with van der Waals surface area (Å²) in [5.74, 6) is 0.885. The first-order valence-electron chi connectivity index (χ1n) is 6.37. The molecule has 4 heteroatoms. The predicted octanol–water partition coefficient (Wildman–Crippen LogP) is 4.16. The molecule has 1 unspecified atom stereocenters. The van der Waals surface area contributed by atoms with Crippen LogP contribution >= 0.6 is 11.6 Å². The largest absolute Gasteiger partial charge is 0.458 e. The zero-order chi connectivity index (χ0) is 14.0. The van der Waals surface area contributed by atoms with Gasteiger partial charge in [-0.1, -0.05) is 23.7 Å². The molecule has 0 saturated carbocycles. The Labute approximate surface area is 118 Å². The number of hydrogen-bond donors (Lipinski definition) is 1. The first-order chi connectivity index (χ1) is 8.96. The molecule has 1 aromatic heterocycles. The molecule has 0 spiro atoms. The zero-order valence-electron chi connectivity index (χ0n) is 11.8. The van der Waals surface area contributed by atoms with Gasteiger partial charge in [-0.3, -0.25) is 0 Å². The summed E-state index contributed by atoms with van der Waals surface area (Å²) in [4.78, 5) is 0. The molecule has 1 atom stereocenters. The molecule has 0 amide bonds. The van der Waals surface area contributed by atoms with E-state index in [0.717, 1.165) is 23.2 Å². The Morgan fingerprint density at radius 2 is 2.16 bits per heavy atom. The van der Waals surface area contributed by atoms with Crippen molar-refractivity contribution < 1.29 is 9.15 Å². The summed E-state index contributed by atoms with van der Waals surface area (Å²) in [6, 6.07) is 7.90. The highest BCUT2D eigenvalue weighted by atomic mass is 35.5. The monoisotopic (exact) mass is 281 g/mol. The second-order valence-electron chi connectivity index (χ2n) is 5.32. The van der Waals surface area contributed by atoms with Crippen LogP contribution in [0.2, 0.25) is 5.02 Å². The molecule has 1 N–H and O–H groups in total. The number of rotatable bonds is 5. The number of methoxy groups -OCH3 is 1. The lowest BCUT2D eigenvalue weighted by atomic mass is 9.97. The maximum atomic E-state index is 6.14. The van der Waals surface area contributed by atoms with Crippen molar-refractivity contribution >= 4 is 22.6 Å². The van der Waals surface area contributed by atoms with Crippen molar-refractivity contribution in [2.75, 3.05) is 14.2 Å². The highest BCUT2D eigenvalue weighted by molar-refractivity contribution is 6.34. The van der Waals surface area contributed by atoms with Gasteiger partial charge in [0.1, 0.15) is 5.76 Å². The van der Waals surface area contributed by atoms with E-state index in [4.69, 9.17) is 20.8 Å². The normalized spacial score (nSPS) is 13.9. The molecule has 2 aromatic rings. The van der Waals surface area contributed by atoms with E-state index in [0.29, 0.717) is 5.02 Å². The number of benzene rings is 1. The van der Waals surface area contributed by atoms with Crippen LogP contribution in [-0.4, -0.2) is 19.8 Å². The Kier molecular flexibility index (Phi) is 4.19. The number of furan rings is 1. The van der Waals surface area contributed by atoms with Crippen LogP contribution in [0, 0.1) is 0 Å². The lowest BCUT2D eigenvalue weighted by Crippen LogP contribution is -2.30. The first kappa shape index (κ1) is 14.4. The van der Waals surface area contributed by atoms with Crippen molar-refractivity contribution in [2.24, 2.45) is 0 Å². The van der Waals surface area contributed by atoms with Gasteiger partial charge in [0.2, 0.25) is 0 Å². The molecule has 0 radical (unpaired) electrons. The highest BCUT2D eigenvalue weighted by Crippen LogP contribution is 2.32. The number of para-hydroxylation sites is 1. The molecule has 3 nitrogen and oxygen atoms in total. The summed E-state index contributed by atoms with van der Waals surface area (Å²) in [5, 5.41) is 4.94. The van der Waals surface area contributed by atoms with Crippen molar-refractivity contribution in [1.82, 2.24) is 5.32 Å². The average Bonchev–Trinajstić information content (AvgIpc) is 2.81. The molecule has 1 aromatic carbocycles. The molecule has 0 aliphatic carbocycles. The van der Waals surface area contributed by atoms with Gasteiger partial charge in [0.15, 0.2) is 5.58 Å². The Hall–Kier alpha value is -1.03. The lowest BCUT2D eigenvalue weighted by Gasteiger charge is -2.27. The van der Waals surface area contributed by atoms with E-state index in [1.807, 2.05) is 31.3 Å². The first-order valence-corrected chi connectivity index (χ1v) is 6.75. The van der Waals surface area contributed by atoms with Gasteiger partial charge in [0.25, 0.3) is 0 Å². The summed E-state index contributed by atoms with van der Waals surface area (Å²) >= 11 is 6.14. The van der Waals surface area contributed by atoms with E-state index in [1.165, 1.54) is 0 Å². The van der Waals surface area contributed by atoms with Crippen LogP contribution in [0.4, 0.5) is 0 Å². The molecular weight excluding hydrogens is 262 g/mol. The quantitative estimate of drug-likeness (QED) is 0.893. The highest BCUT2D eigenvalue weighted by Gasteiger charge is 2.25. The minimum absolute atomic E-state index is 0.0958. The molecule has 0 bridgehead atoms. The molecule has 104 valence electrons. The third-order valence-corrected chi connectivity index (χ3v) is 3.75. The molecule has 1 heterocycles. The smallest absolute Gasteiger partial charge is 0.152 e. The van der Waals surface area contributed by atoms with Crippen LogP contribution in [0.3, 0.4) is 0 Å². The van der Waals surface area contributed by atoms with Gasteiger partial charge >= 0.3 is 0 Å². The topological polar surface area (TPSA) is 34.4 Å². The fourth-order valence-electron chi connectivity index (χ4n) is 2.14. The molecule has 2 rings (SSSR count). The van der Waals surface area contributed by atoms with E-state index in [-0.39, 0.29) is 11.6 Å². The molecule has 19 heavy (non-hydrogen) atoms. The fraction of sp³-hybridized carbons (Fsp3) is 0.467. The van der Waals surface area contributed by atoms with Gasteiger partial charge in [0, 0.05) is 12.5 Å². The van der Waals surface area contributed by atoms with Gasteiger partial charge in [-0.2, -0.15) is 0 Å². The van der Waals surface area contributed by atoms with Crippen molar-refractivity contribution in [1.29, 1.82) is 0 Å². The van der Waals surface area contributed by atoms with Crippen LogP contribution in [-0.2, 0) is 4.74 Å². The fourth-order valence-corrected chi connectivity index (χ4v) is 2.36. The second-order valence-corrected chi connectivity index (χ2v) is 5.72. The predicted molar refractivity (Wildman–Crippen MR) is 78.7 cm³/mol. The van der Waals surface area contributed by atoms with Gasteiger partial charge in [0.05, 0.1) is 16.7 Å². The van der Waals surface area contributed by atoms with Gasteiger partial charge < -0.3 is 14.5 Å². The zero-order valence-corrected chi connectivity index (χ0v) is 12.5. The van der Waals surface area contributed by atoms with Crippen LogP contribution in [0.1, 0.15) is 32.1 Å². The summed E-state index contributed by atoms with van der Waals surface area (Å²) in [7, 11) is 3.65.